The lowest BCUT2D eigenvalue weighted by Crippen LogP contribution is -2.02. The van der Waals surface area contributed by atoms with Gasteiger partial charge in [0.05, 0.1) is 7.11 Å². The van der Waals surface area contributed by atoms with Crippen molar-refractivity contribution in [2.75, 3.05) is 7.11 Å². The lowest BCUT2D eigenvalue weighted by Gasteiger charge is -2.13. The molecule has 0 saturated heterocycles. The summed E-state index contributed by atoms with van der Waals surface area (Å²) in [6.07, 6.45) is -0.235. The lowest BCUT2D eigenvalue weighted by molar-refractivity contribution is -0.113. The Morgan fingerprint density at radius 2 is 1.95 bits per heavy atom. The van der Waals surface area contributed by atoms with Crippen LogP contribution in [-0.2, 0) is 13.9 Å². The maximum absolute atomic E-state index is 11.1. The van der Waals surface area contributed by atoms with Gasteiger partial charge in [0.25, 0.3) is 0 Å². The van der Waals surface area contributed by atoms with Crippen molar-refractivity contribution in [2.45, 2.75) is 6.10 Å². The van der Waals surface area contributed by atoms with Gasteiger partial charge in [0.15, 0.2) is 12.4 Å². The standard InChI is InChI=1S/C15H13O4P/c1-18-12-6-4-5-11(9-12)13-7-2-3-8-14(13)15(10-16)19-20-17/h2-10,15H,1H3. The molecule has 102 valence electrons. The number of carbonyl (C=O) groups is 1. The molecule has 5 heteroatoms. The van der Waals surface area contributed by atoms with E-state index in [2.05, 4.69) is 0 Å². The Kier molecular flexibility index (Phi) is 4.99. The highest BCUT2D eigenvalue weighted by atomic mass is 31.1. The van der Waals surface area contributed by atoms with E-state index in [0.29, 0.717) is 11.8 Å². The van der Waals surface area contributed by atoms with Crippen molar-refractivity contribution < 1.29 is 18.6 Å². The topological polar surface area (TPSA) is 52.6 Å². The average molecular weight is 288 g/mol. The van der Waals surface area contributed by atoms with Gasteiger partial charge in [0.1, 0.15) is 5.75 Å². The molecule has 0 fully saturated rings. The molecule has 0 saturated carbocycles. The number of benzene rings is 2. The Morgan fingerprint density at radius 3 is 2.65 bits per heavy atom. The summed E-state index contributed by atoms with van der Waals surface area (Å²) in [5.74, 6) is 0.725. The zero-order valence-electron chi connectivity index (χ0n) is 10.9. The lowest BCUT2D eigenvalue weighted by atomic mass is 9.96. The quantitative estimate of drug-likeness (QED) is 0.599. The fraction of sp³-hybridized carbons (Fsp3) is 0.133. The molecule has 0 radical (unpaired) electrons. The molecule has 0 spiro atoms. The monoisotopic (exact) mass is 288 g/mol. The van der Waals surface area contributed by atoms with Gasteiger partial charge in [0.2, 0.25) is 0 Å². The van der Waals surface area contributed by atoms with Crippen LogP contribution in [0, 0.1) is 0 Å². The third-order valence-electron chi connectivity index (χ3n) is 2.93. The fourth-order valence-corrected chi connectivity index (χ4v) is 2.26. The highest BCUT2D eigenvalue weighted by Crippen LogP contribution is 2.32. The molecular weight excluding hydrogens is 275 g/mol. The van der Waals surface area contributed by atoms with Crippen molar-refractivity contribution in [3.63, 3.8) is 0 Å². The third-order valence-corrected chi connectivity index (χ3v) is 3.24. The van der Waals surface area contributed by atoms with E-state index in [1.165, 1.54) is 0 Å². The van der Waals surface area contributed by atoms with Crippen LogP contribution in [0.4, 0.5) is 0 Å². The Hall–Kier alpha value is -2.03. The Balaban J connectivity index is 2.50. The zero-order chi connectivity index (χ0) is 14.4. The molecule has 2 aromatic carbocycles. The number of methoxy groups -OCH3 is 1. The van der Waals surface area contributed by atoms with E-state index in [4.69, 9.17) is 9.26 Å². The van der Waals surface area contributed by atoms with Crippen LogP contribution in [0.5, 0.6) is 5.75 Å². The molecule has 0 amide bonds. The number of carbonyl (C=O) groups excluding carboxylic acids is 1. The number of ether oxygens (including phenoxy) is 1. The Bertz CT molecular complexity index is 612. The molecule has 0 aromatic heterocycles. The predicted octanol–water partition coefficient (Wildman–Crippen LogP) is 3.83. The van der Waals surface area contributed by atoms with Crippen molar-refractivity contribution in [1.82, 2.24) is 0 Å². The van der Waals surface area contributed by atoms with Crippen LogP contribution >= 0.6 is 8.69 Å². The van der Waals surface area contributed by atoms with Crippen LogP contribution in [0.2, 0.25) is 0 Å². The van der Waals surface area contributed by atoms with E-state index in [9.17, 15) is 9.36 Å². The summed E-state index contributed by atoms with van der Waals surface area (Å²) >= 11 is 0. The van der Waals surface area contributed by atoms with Crippen molar-refractivity contribution >= 4 is 15.0 Å². The molecule has 0 aliphatic heterocycles. The summed E-state index contributed by atoms with van der Waals surface area (Å²) in [5, 5.41) is 0. The number of aldehydes is 1. The van der Waals surface area contributed by atoms with E-state index in [1.54, 1.807) is 19.2 Å². The van der Waals surface area contributed by atoms with Crippen molar-refractivity contribution in [3.8, 4) is 16.9 Å². The third kappa shape index (κ3) is 3.10. The van der Waals surface area contributed by atoms with E-state index in [0.717, 1.165) is 16.9 Å². The van der Waals surface area contributed by atoms with E-state index in [-0.39, 0.29) is 0 Å². The summed E-state index contributed by atoms with van der Waals surface area (Å²) in [5.41, 5.74) is 2.41. The highest BCUT2D eigenvalue weighted by molar-refractivity contribution is 7.17. The first kappa shape index (κ1) is 14.4. The molecule has 0 N–H and O–H groups in total. The van der Waals surface area contributed by atoms with Gasteiger partial charge in [-0.15, -0.1) is 0 Å². The fourth-order valence-electron chi connectivity index (χ4n) is 2.00. The largest absolute Gasteiger partial charge is 0.497 e. The van der Waals surface area contributed by atoms with Gasteiger partial charge in [-0.1, -0.05) is 36.4 Å². The normalized spacial score (nSPS) is 12.1. The second-order valence-electron chi connectivity index (χ2n) is 4.06. The van der Waals surface area contributed by atoms with Crippen LogP contribution in [0.25, 0.3) is 11.1 Å². The molecule has 2 rings (SSSR count). The maximum atomic E-state index is 11.1. The second-order valence-corrected chi connectivity index (χ2v) is 4.42. The molecule has 1 unspecified atom stereocenters. The minimum absolute atomic E-state index is 0.524. The Morgan fingerprint density at radius 1 is 1.15 bits per heavy atom. The van der Waals surface area contributed by atoms with Gasteiger partial charge >= 0.3 is 8.69 Å². The van der Waals surface area contributed by atoms with Crippen LogP contribution < -0.4 is 4.74 Å². The summed E-state index contributed by atoms with van der Waals surface area (Å²) in [6, 6.07) is 14.8. The molecule has 0 aliphatic rings. The van der Waals surface area contributed by atoms with E-state index in [1.807, 2.05) is 36.4 Å². The van der Waals surface area contributed by atoms with Gasteiger partial charge < -0.3 is 9.53 Å². The van der Waals surface area contributed by atoms with E-state index >= 15 is 0 Å². The van der Waals surface area contributed by atoms with Crippen molar-refractivity contribution in [1.29, 1.82) is 0 Å². The smallest absolute Gasteiger partial charge is 0.328 e. The number of rotatable bonds is 6. The summed E-state index contributed by atoms with van der Waals surface area (Å²) in [4.78, 5) is 11.1. The van der Waals surface area contributed by atoms with Crippen molar-refractivity contribution in [2.24, 2.45) is 0 Å². The average Bonchev–Trinajstić information content (AvgIpc) is 2.52. The van der Waals surface area contributed by atoms with Gasteiger partial charge in [-0.3, -0.25) is 4.52 Å². The molecule has 4 nitrogen and oxygen atoms in total. The highest BCUT2D eigenvalue weighted by Gasteiger charge is 2.16. The van der Waals surface area contributed by atoms with Crippen molar-refractivity contribution in [3.05, 3.63) is 54.1 Å². The summed E-state index contributed by atoms with van der Waals surface area (Å²) in [7, 11) is 1.07. The SMILES string of the molecule is COc1cccc(-c2ccccc2C(C=O)OP=O)c1. The molecule has 2 aromatic rings. The van der Waals surface area contributed by atoms with Crippen LogP contribution in [0.3, 0.4) is 0 Å². The van der Waals surface area contributed by atoms with Crippen LogP contribution in [0.1, 0.15) is 11.7 Å². The number of hydrogen-bond donors (Lipinski definition) is 0. The Labute approximate surface area is 118 Å². The first-order valence-electron chi connectivity index (χ1n) is 5.97. The van der Waals surface area contributed by atoms with Crippen LogP contribution in [0.15, 0.2) is 48.5 Å². The van der Waals surface area contributed by atoms with Gasteiger partial charge in [-0.05, 0) is 28.8 Å². The predicted molar refractivity (Wildman–Crippen MR) is 75.9 cm³/mol. The molecule has 1 atom stereocenters. The van der Waals surface area contributed by atoms with Gasteiger partial charge in [0, 0.05) is 0 Å². The molecule has 0 aliphatic carbocycles. The molecule has 20 heavy (non-hydrogen) atoms. The molecular formula is C15H13O4P. The van der Waals surface area contributed by atoms with Crippen LogP contribution in [-0.4, -0.2) is 13.4 Å². The zero-order valence-corrected chi connectivity index (χ0v) is 11.7. The number of hydrogen-bond acceptors (Lipinski definition) is 4. The molecule has 0 bridgehead atoms. The summed E-state index contributed by atoms with van der Waals surface area (Å²) < 4.78 is 20.7. The van der Waals surface area contributed by atoms with E-state index < -0.39 is 14.8 Å². The first-order valence-corrected chi connectivity index (χ1v) is 6.70. The summed E-state index contributed by atoms with van der Waals surface area (Å²) in [6.45, 7) is 0. The minimum Gasteiger partial charge on any atom is -0.497 e. The van der Waals surface area contributed by atoms with Gasteiger partial charge in [-0.2, -0.15) is 0 Å². The minimum atomic E-state index is -0.864. The van der Waals surface area contributed by atoms with Gasteiger partial charge in [-0.25, -0.2) is 4.57 Å². The molecule has 0 heterocycles. The second kappa shape index (κ2) is 6.94. The first-order chi connectivity index (χ1) is 9.80. The maximum Gasteiger partial charge on any atom is 0.328 e.